The zero-order chi connectivity index (χ0) is 18.6. The summed E-state index contributed by atoms with van der Waals surface area (Å²) in [4.78, 5) is 0. The van der Waals surface area contributed by atoms with Crippen molar-refractivity contribution in [2.24, 2.45) is 0 Å². The summed E-state index contributed by atoms with van der Waals surface area (Å²) in [7, 11) is 1.70. The second kappa shape index (κ2) is 7.55. The molecule has 0 aliphatic carbocycles. The fraction of sp³-hybridized carbons (Fsp3) is 0.273. The van der Waals surface area contributed by atoms with Crippen molar-refractivity contribution in [2.75, 3.05) is 19.0 Å². The lowest BCUT2D eigenvalue weighted by Gasteiger charge is -2.09. The Kier molecular flexibility index (Phi) is 4.80. The van der Waals surface area contributed by atoms with Gasteiger partial charge in [-0.25, -0.2) is 4.68 Å². The van der Waals surface area contributed by atoms with E-state index in [-0.39, 0.29) is 0 Å². The number of benzene rings is 2. The Bertz CT molecular complexity index is 983. The number of rotatable bonds is 4. The number of ether oxygens (including phenoxy) is 1. The molecule has 0 saturated heterocycles. The first-order chi connectivity index (χ1) is 13.3. The average molecular weight is 358 g/mol. The molecule has 4 rings (SSSR count). The van der Waals surface area contributed by atoms with Crippen LogP contribution in [0.1, 0.15) is 35.2 Å². The zero-order valence-corrected chi connectivity index (χ0v) is 15.4. The van der Waals surface area contributed by atoms with Crippen molar-refractivity contribution in [3.8, 4) is 17.5 Å². The van der Waals surface area contributed by atoms with Gasteiger partial charge < -0.3 is 10.1 Å². The minimum atomic E-state index is 0.652. The maximum atomic E-state index is 9.05. The predicted octanol–water partition coefficient (Wildman–Crippen LogP) is 4.09. The van der Waals surface area contributed by atoms with Crippen LogP contribution in [0.2, 0.25) is 0 Å². The fourth-order valence-corrected chi connectivity index (χ4v) is 3.61. The molecule has 0 atom stereocenters. The maximum Gasteiger partial charge on any atom is 0.133 e. The normalized spacial score (nSPS) is 13.2. The van der Waals surface area contributed by atoms with Crippen LogP contribution in [0.25, 0.3) is 5.69 Å². The van der Waals surface area contributed by atoms with Gasteiger partial charge in [-0.2, -0.15) is 10.4 Å². The van der Waals surface area contributed by atoms with Crippen molar-refractivity contribution in [1.29, 1.82) is 5.26 Å². The number of anilines is 1. The molecule has 27 heavy (non-hydrogen) atoms. The van der Waals surface area contributed by atoms with Crippen LogP contribution in [-0.4, -0.2) is 23.4 Å². The molecule has 0 bridgehead atoms. The molecular weight excluding hydrogens is 336 g/mol. The Morgan fingerprint density at radius 1 is 1.15 bits per heavy atom. The van der Waals surface area contributed by atoms with Crippen LogP contribution >= 0.6 is 0 Å². The molecule has 0 radical (unpaired) electrons. The van der Waals surface area contributed by atoms with E-state index in [2.05, 4.69) is 17.5 Å². The molecule has 0 amide bonds. The Morgan fingerprint density at radius 3 is 2.74 bits per heavy atom. The van der Waals surface area contributed by atoms with E-state index in [0.29, 0.717) is 5.56 Å². The first-order valence-electron chi connectivity index (χ1n) is 9.27. The van der Waals surface area contributed by atoms with Crippen LogP contribution < -0.4 is 10.1 Å². The topological polar surface area (TPSA) is 62.9 Å². The summed E-state index contributed by atoms with van der Waals surface area (Å²) in [5.41, 5.74) is 5.11. The second-order valence-corrected chi connectivity index (χ2v) is 6.72. The van der Waals surface area contributed by atoms with E-state index < -0.39 is 0 Å². The highest BCUT2D eigenvalue weighted by Gasteiger charge is 2.21. The van der Waals surface area contributed by atoms with Gasteiger partial charge in [0.2, 0.25) is 0 Å². The molecule has 0 spiro atoms. The highest BCUT2D eigenvalue weighted by atomic mass is 16.5. The number of para-hydroxylation sites is 1. The van der Waals surface area contributed by atoms with Crippen LogP contribution in [0.4, 0.5) is 5.82 Å². The number of fused-ring (bicyclic) bond motifs is 1. The lowest BCUT2D eigenvalue weighted by Crippen LogP contribution is -2.07. The molecule has 1 aromatic heterocycles. The molecule has 5 nitrogen and oxygen atoms in total. The van der Waals surface area contributed by atoms with Gasteiger partial charge in [0.1, 0.15) is 11.6 Å². The highest BCUT2D eigenvalue weighted by Crippen LogP contribution is 2.31. The van der Waals surface area contributed by atoms with Gasteiger partial charge in [-0.15, -0.1) is 0 Å². The number of nitrogens with zero attached hydrogens (tertiary/aromatic N) is 3. The van der Waals surface area contributed by atoms with Crippen molar-refractivity contribution in [3.05, 3.63) is 70.9 Å². The van der Waals surface area contributed by atoms with E-state index in [0.717, 1.165) is 60.7 Å². The molecule has 136 valence electrons. The van der Waals surface area contributed by atoms with E-state index in [9.17, 15) is 0 Å². The molecule has 2 aromatic carbocycles. The quantitative estimate of drug-likeness (QED) is 0.763. The molecule has 5 heteroatoms. The smallest absolute Gasteiger partial charge is 0.133 e. The van der Waals surface area contributed by atoms with E-state index in [1.54, 1.807) is 7.11 Å². The first-order valence-corrected chi connectivity index (χ1v) is 9.27. The molecule has 0 fully saturated rings. The van der Waals surface area contributed by atoms with Crippen molar-refractivity contribution in [3.63, 3.8) is 0 Å². The van der Waals surface area contributed by atoms with E-state index in [4.69, 9.17) is 15.1 Å². The standard InChI is InChI=1S/C22H22N4O/c1-27-21-8-3-2-6-17(21)14-20-19-7-4-5-13-24-22(19)26(25-20)18-11-9-16(15-23)10-12-18/h2-3,6,8-12,24H,4-5,7,13-14H2,1H3. The Hall–Kier alpha value is -3.26. The fourth-order valence-electron chi connectivity index (χ4n) is 3.61. The first kappa shape index (κ1) is 17.2. The summed E-state index contributed by atoms with van der Waals surface area (Å²) in [5, 5.41) is 17.6. The summed E-state index contributed by atoms with van der Waals surface area (Å²) in [6.07, 6.45) is 4.05. The molecule has 3 aromatic rings. The Balaban J connectivity index is 1.78. The lowest BCUT2D eigenvalue weighted by molar-refractivity contribution is 0.410. The maximum absolute atomic E-state index is 9.05. The van der Waals surface area contributed by atoms with Crippen molar-refractivity contribution >= 4 is 5.82 Å². The van der Waals surface area contributed by atoms with Gasteiger partial charge in [0.25, 0.3) is 0 Å². The van der Waals surface area contributed by atoms with E-state index >= 15 is 0 Å². The summed E-state index contributed by atoms with van der Waals surface area (Å²) in [6, 6.07) is 17.8. The average Bonchev–Trinajstić information content (AvgIpc) is 2.89. The highest BCUT2D eigenvalue weighted by molar-refractivity contribution is 5.56. The van der Waals surface area contributed by atoms with Gasteiger partial charge >= 0.3 is 0 Å². The summed E-state index contributed by atoms with van der Waals surface area (Å²) < 4.78 is 7.50. The molecule has 0 unspecified atom stereocenters. The van der Waals surface area contributed by atoms with Crippen LogP contribution in [0, 0.1) is 11.3 Å². The third-order valence-electron chi connectivity index (χ3n) is 5.00. The minimum Gasteiger partial charge on any atom is -0.496 e. The number of nitrogens with one attached hydrogen (secondary N) is 1. The van der Waals surface area contributed by atoms with Gasteiger partial charge in [-0.05, 0) is 49.6 Å². The minimum absolute atomic E-state index is 0.652. The van der Waals surface area contributed by atoms with E-state index in [1.807, 2.05) is 47.1 Å². The van der Waals surface area contributed by atoms with Crippen LogP contribution in [-0.2, 0) is 12.8 Å². The van der Waals surface area contributed by atoms with E-state index in [1.165, 1.54) is 5.56 Å². The summed E-state index contributed by atoms with van der Waals surface area (Å²) in [5.74, 6) is 1.96. The van der Waals surface area contributed by atoms with Gasteiger partial charge in [-0.1, -0.05) is 18.2 Å². The zero-order valence-electron chi connectivity index (χ0n) is 15.4. The van der Waals surface area contributed by atoms with Gasteiger partial charge in [-0.3, -0.25) is 0 Å². The van der Waals surface area contributed by atoms with Crippen LogP contribution in [0.3, 0.4) is 0 Å². The Labute approximate surface area is 159 Å². The number of methoxy groups -OCH3 is 1. The number of hydrogen-bond donors (Lipinski definition) is 1. The van der Waals surface area contributed by atoms with Gasteiger partial charge in [0.05, 0.1) is 30.1 Å². The molecule has 0 saturated carbocycles. The largest absolute Gasteiger partial charge is 0.496 e. The summed E-state index contributed by atoms with van der Waals surface area (Å²) in [6.45, 7) is 0.947. The number of nitriles is 1. The second-order valence-electron chi connectivity index (χ2n) is 6.72. The lowest BCUT2D eigenvalue weighted by atomic mass is 10.0. The monoisotopic (exact) mass is 358 g/mol. The predicted molar refractivity (Wildman–Crippen MR) is 106 cm³/mol. The molecular formula is C22H22N4O. The van der Waals surface area contributed by atoms with Crippen LogP contribution in [0.5, 0.6) is 5.75 Å². The van der Waals surface area contributed by atoms with Gasteiger partial charge in [0.15, 0.2) is 0 Å². The molecule has 1 aliphatic heterocycles. The number of aromatic nitrogens is 2. The Morgan fingerprint density at radius 2 is 1.96 bits per heavy atom. The molecule has 2 heterocycles. The van der Waals surface area contributed by atoms with Crippen molar-refractivity contribution < 1.29 is 4.74 Å². The number of hydrogen-bond acceptors (Lipinski definition) is 4. The molecule has 1 aliphatic rings. The third kappa shape index (κ3) is 3.39. The third-order valence-corrected chi connectivity index (χ3v) is 5.00. The van der Waals surface area contributed by atoms with Crippen LogP contribution in [0.15, 0.2) is 48.5 Å². The van der Waals surface area contributed by atoms with Gasteiger partial charge in [0, 0.05) is 24.1 Å². The van der Waals surface area contributed by atoms with Crippen molar-refractivity contribution in [2.45, 2.75) is 25.7 Å². The molecule has 1 N–H and O–H groups in total. The SMILES string of the molecule is COc1ccccc1Cc1nn(-c2ccc(C#N)cc2)c2c1CCCCN2. The summed E-state index contributed by atoms with van der Waals surface area (Å²) >= 11 is 0. The van der Waals surface area contributed by atoms with Crippen molar-refractivity contribution in [1.82, 2.24) is 9.78 Å².